The van der Waals surface area contributed by atoms with E-state index in [0.717, 1.165) is 19.3 Å². The second-order valence-corrected chi connectivity index (χ2v) is 12.1. The fourth-order valence-electron chi connectivity index (χ4n) is 4.35. The van der Waals surface area contributed by atoms with Gasteiger partial charge in [-0.2, -0.15) is 4.31 Å². The number of benzene rings is 1. The van der Waals surface area contributed by atoms with Gasteiger partial charge in [0.2, 0.25) is 28.0 Å². The van der Waals surface area contributed by atoms with Gasteiger partial charge in [0.1, 0.15) is 6.04 Å². The second kappa shape index (κ2) is 11.6. The predicted octanol–water partition coefficient (Wildman–Crippen LogP) is 3.38. The van der Waals surface area contributed by atoms with Gasteiger partial charge < -0.3 is 10.6 Å². The van der Waals surface area contributed by atoms with Crippen LogP contribution in [0.5, 0.6) is 0 Å². The summed E-state index contributed by atoms with van der Waals surface area (Å²) in [5.74, 6) is -5.25. The van der Waals surface area contributed by atoms with E-state index in [2.05, 4.69) is 25.6 Å². The Morgan fingerprint density at radius 1 is 1.11 bits per heavy atom. The van der Waals surface area contributed by atoms with E-state index < -0.39 is 59.1 Å². The van der Waals surface area contributed by atoms with Gasteiger partial charge in [-0.05, 0) is 53.3 Å². The summed E-state index contributed by atoms with van der Waals surface area (Å²) in [6.07, 6.45) is 1.39. The normalized spacial score (nSPS) is 19.1. The summed E-state index contributed by atoms with van der Waals surface area (Å²) < 4.78 is 81.6. The van der Waals surface area contributed by atoms with Crippen molar-refractivity contribution < 1.29 is 40.2 Å². The van der Waals surface area contributed by atoms with E-state index in [1.165, 1.54) is 24.3 Å². The molecular formula is C22H25F4N5O5S2. The van der Waals surface area contributed by atoms with Crippen molar-refractivity contribution in [3.63, 3.8) is 0 Å². The number of thioether (sulfide) groups is 1. The summed E-state index contributed by atoms with van der Waals surface area (Å²) in [6, 6.07) is 4.04. The Morgan fingerprint density at radius 2 is 1.76 bits per heavy atom. The number of hydrogen-bond acceptors (Lipinski definition) is 8. The lowest BCUT2D eigenvalue weighted by atomic mass is 9.83. The minimum Gasteiger partial charge on any atom is -0.338 e. The van der Waals surface area contributed by atoms with E-state index in [1.54, 1.807) is 0 Å². The van der Waals surface area contributed by atoms with Crippen molar-refractivity contribution >= 4 is 39.3 Å². The smallest absolute Gasteiger partial charge is 0.277 e. The average molecular weight is 580 g/mol. The van der Waals surface area contributed by atoms with E-state index in [4.69, 9.17) is 0 Å². The molecule has 0 bridgehead atoms. The highest BCUT2D eigenvalue weighted by Crippen LogP contribution is 2.33. The number of rotatable bonds is 10. The Balaban J connectivity index is 1.46. The molecule has 4 rings (SSSR count). The van der Waals surface area contributed by atoms with Crippen LogP contribution in [0.2, 0.25) is 0 Å². The minimum atomic E-state index is -4.09. The number of hydrogen-bond donors (Lipinski definition) is 2. The minimum absolute atomic E-state index is 0.123. The van der Waals surface area contributed by atoms with E-state index in [-0.39, 0.29) is 27.2 Å². The zero-order chi connectivity index (χ0) is 27.5. The van der Waals surface area contributed by atoms with E-state index >= 15 is 0 Å². The van der Waals surface area contributed by atoms with Crippen LogP contribution < -0.4 is 10.6 Å². The van der Waals surface area contributed by atoms with Gasteiger partial charge in [0, 0.05) is 5.69 Å². The number of nitrogens with one attached hydrogen (secondary N) is 2. The second-order valence-electron chi connectivity index (χ2n) is 9.11. The monoisotopic (exact) mass is 579 g/mol. The maximum absolute atomic E-state index is 13.2. The molecule has 2 heterocycles. The SMILES string of the molecule is O=C(N[C@H](C(=O)Nc1ccc(S(=O)(=O)N2CC(F)(F)C2)cc1)C1CCCCC1)c1nonc1SCC(F)F. The molecule has 1 saturated heterocycles. The van der Waals surface area contributed by atoms with Gasteiger partial charge in [-0.15, -0.1) is 0 Å². The first-order valence-electron chi connectivity index (χ1n) is 11.8. The fraction of sp³-hybridized carbons (Fsp3) is 0.545. The van der Waals surface area contributed by atoms with Crippen molar-refractivity contribution in [3.05, 3.63) is 30.0 Å². The number of halogens is 4. The molecule has 208 valence electrons. The van der Waals surface area contributed by atoms with Gasteiger partial charge in [0.25, 0.3) is 11.8 Å². The van der Waals surface area contributed by atoms with Gasteiger partial charge in [0.15, 0.2) is 5.03 Å². The van der Waals surface area contributed by atoms with Crippen molar-refractivity contribution in [2.45, 2.75) is 60.4 Å². The zero-order valence-corrected chi connectivity index (χ0v) is 21.5. The molecule has 2 aliphatic rings. The van der Waals surface area contributed by atoms with E-state index in [1.807, 2.05) is 0 Å². The summed E-state index contributed by atoms with van der Waals surface area (Å²) in [4.78, 5) is 25.9. The third-order valence-corrected chi connectivity index (χ3v) is 9.05. The van der Waals surface area contributed by atoms with Gasteiger partial charge in [-0.3, -0.25) is 9.59 Å². The highest BCUT2D eigenvalue weighted by molar-refractivity contribution is 7.99. The highest BCUT2D eigenvalue weighted by atomic mass is 32.2. The summed E-state index contributed by atoms with van der Waals surface area (Å²) in [7, 11) is -4.09. The van der Waals surface area contributed by atoms with Crippen molar-refractivity contribution in [1.82, 2.24) is 19.9 Å². The molecule has 0 radical (unpaired) electrons. The topological polar surface area (TPSA) is 134 Å². The molecule has 1 aromatic carbocycles. The van der Waals surface area contributed by atoms with Crippen molar-refractivity contribution in [2.75, 3.05) is 24.2 Å². The number of amides is 2. The van der Waals surface area contributed by atoms with Crippen molar-refractivity contribution in [3.8, 4) is 0 Å². The molecule has 2 aromatic rings. The van der Waals surface area contributed by atoms with Crippen molar-refractivity contribution in [1.29, 1.82) is 0 Å². The van der Waals surface area contributed by atoms with Gasteiger partial charge in [-0.25, -0.2) is 30.6 Å². The first-order chi connectivity index (χ1) is 18.0. The first-order valence-corrected chi connectivity index (χ1v) is 14.2. The molecule has 1 saturated carbocycles. The summed E-state index contributed by atoms with van der Waals surface area (Å²) in [6.45, 7) is -1.78. The molecule has 38 heavy (non-hydrogen) atoms. The van der Waals surface area contributed by atoms with E-state index in [9.17, 15) is 35.6 Å². The lowest BCUT2D eigenvalue weighted by Crippen LogP contribution is -2.58. The molecule has 1 atom stereocenters. The standard InChI is InChI=1S/C22H25F4N5O5S2/c23-16(24)10-37-21-18(29-36-30-21)20(33)28-17(13-4-2-1-3-5-13)19(32)27-14-6-8-15(9-7-14)38(34,35)31-11-22(25,26)12-31/h6-9,13,16-17H,1-5,10-12H2,(H,27,32)(H,28,33)/t17-/m0/s1. The maximum atomic E-state index is 13.2. The van der Waals surface area contributed by atoms with Crippen molar-refractivity contribution in [2.24, 2.45) is 5.92 Å². The maximum Gasteiger partial charge on any atom is 0.277 e. The lowest BCUT2D eigenvalue weighted by Gasteiger charge is -2.37. The Kier molecular flexibility index (Phi) is 8.62. The van der Waals surface area contributed by atoms with Crippen LogP contribution >= 0.6 is 11.8 Å². The Labute approximate surface area is 219 Å². The Bertz CT molecular complexity index is 1250. The molecule has 0 spiro atoms. The van der Waals surface area contributed by atoms with Crippen LogP contribution in [-0.2, 0) is 14.8 Å². The quantitative estimate of drug-likeness (QED) is 0.323. The molecule has 0 unspecified atom stereocenters. The molecule has 10 nitrogen and oxygen atoms in total. The molecule has 2 fully saturated rings. The lowest BCUT2D eigenvalue weighted by molar-refractivity contribution is -0.119. The van der Waals surface area contributed by atoms with Crippen LogP contribution in [0, 0.1) is 5.92 Å². The van der Waals surface area contributed by atoms with Gasteiger partial charge in [-0.1, -0.05) is 31.0 Å². The zero-order valence-electron chi connectivity index (χ0n) is 19.9. The van der Waals surface area contributed by atoms with E-state index in [0.29, 0.717) is 28.9 Å². The highest BCUT2D eigenvalue weighted by Gasteiger charge is 2.49. The van der Waals surface area contributed by atoms with Crippen LogP contribution in [0.25, 0.3) is 0 Å². The Hall–Kier alpha value is -2.72. The number of alkyl halides is 4. The summed E-state index contributed by atoms with van der Waals surface area (Å²) in [5.41, 5.74) is -0.0791. The molecule has 16 heteroatoms. The third kappa shape index (κ3) is 6.64. The van der Waals surface area contributed by atoms with Gasteiger partial charge >= 0.3 is 0 Å². The number of carbonyl (C=O) groups is 2. The molecular weight excluding hydrogens is 554 g/mol. The molecule has 1 aliphatic heterocycles. The molecule has 1 aliphatic carbocycles. The fourth-order valence-corrected chi connectivity index (χ4v) is 6.48. The van der Waals surface area contributed by atoms with Crippen LogP contribution in [-0.4, -0.2) is 72.1 Å². The molecule has 2 N–H and O–H groups in total. The van der Waals surface area contributed by atoms with Gasteiger partial charge in [0.05, 0.1) is 23.7 Å². The molecule has 2 amide bonds. The number of anilines is 1. The average Bonchev–Trinajstić information content (AvgIpc) is 3.34. The first kappa shape index (κ1) is 28.3. The number of aromatic nitrogens is 2. The third-order valence-electron chi connectivity index (χ3n) is 6.28. The molecule has 1 aromatic heterocycles. The summed E-state index contributed by atoms with van der Waals surface area (Å²) >= 11 is 0.602. The predicted molar refractivity (Wildman–Crippen MR) is 128 cm³/mol. The number of nitrogens with zero attached hydrogens (tertiary/aromatic N) is 3. The number of sulfonamides is 1. The Morgan fingerprint density at radius 3 is 2.37 bits per heavy atom. The summed E-state index contributed by atoms with van der Waals surface area (Å²) in [5, 5.41) is 12.1. The van der Waals surface area contributed by atoms with Crippen LogP contribution in [0.3, 0.4) is 0 Å². The number of carbonyl (C=O) groups excluding carboxylic acids is 2. The largest absolute Gasteiger partial charge is 0.338 e. The van der Waals surface area contributed by atoms with Crippen LogP contribution in [0.4, 0.5) is 23.2 Å². The van der Waals surface area contributed by atoms with Crippen LogP contribution in [0.1, 0.15) is 42.6 Å². The van der Waals surface area contributed by atoms with Crippen LogP contribution in [0.15, 0.2) is 38.8 Å².